The molecular formula is C10H23NO3S. The molecular weight excluding hydrogens is 214 g/mol. The molecule has 92 valence electrons. The Labute approximate surface area is 93.3 Å². The van der Waals surface area contributed by atoms with Crippen molar-refractivity contribution < 1.29 is 13.5 Å². The van der Waals surface area contributed by atoms with Gasteiger partial charge >= 0.3 is 0 Å². The first kappa shape index (κ1) is 14.9. The fourth-order valence-corrected chi connectivity index (χ4v) is 2.79. The monoisotopic (exact) mass is 237 g/mol. The lowest BCUT2D eigenvalue weighted by Crippen LogP contribution is -2.48. The smallest absolute Gasteiger partial charge is 0.219 e. The molecule has 0 unspecified atom stereocenters. The quantitative estimate of drug-likeness (QED) is 0.799. The maximum Gasteiger partial charge on any atom is 0.219 e. The van der Waals surface area contributed by atoms with Crippen LogP contribution in [0.2, 0.25) is 0 Å². The van der Waals surface area contributed by atoms with E-state index in [9.17, 15) is 13.5 Å². The van der Waals surface area contributed by atoms with Gasteiger partial charge in [-0.15, -0.1) is 0 Å². The summed E-state index contributed by atoms with van der Waals surface area (Å²) < 4.78 is 24.7. The molecule has 0 fully saturated rings. The SMILES string of the molecule is CCN(CC(C)(C)O)S(=O)(=O)C(C)(C)C. The highest BCUT2D eigenvalue weighted by Gasteiger charge is 2.36. The van der Waals surface area contributed by atoms with Crippen LogP contribution in [-0.4, -0.2) is 41.3 Å². The van der Waals surface area contributed by atoms with Gasteiger partial charge in [-0.25, -0.2) is 8.42 Å². The number of sulfonamides is 1. The molecule has 0 aromatic carbocycles. The predicted octanol–water partition coefficient (Wildman–Crippen LogP) is 1.21. The number of rotatable bonds is 4. The van der Waals surface area contributed by atoms with Crippen molar-refractivity contribution in [1.29, 1.82) is 0 Å². The molecule has 1 N–H and O–H groups in total. The van der Waals surface area contributed by atoms with Gasteiger partial charge in [0, 0.05) is 13.1 Å². The predicted molar refractivity (Wildman–Crippen MR) is 62.2 cm³/mol. The third-order valence-electron chi connectivity index (χ3n) is 2.03. The van der Waals surface area contributed by atoms with Crippen molar-refractivity contribution in [2.45, 2.75) is 51.9 Å². The summed E-state index contributed by atoms with van der Waals surface area (Å²) in [5.41, 5.74) is -1.01. The van der Waals surface area contributed by atoms with Crippen molar-refractivity contribution in [2.75, 3.05) is 13.1 Å². The minimum Gasteiger partial charge on any atom is -0.389 e. The minimum atomic E-state index is -3.35. The molecule has 0 saturated heterocycles. The summed E-state index contributed by atoms with van der Waals surface area (Å²) in [7, 11) is -3.35. The molecule has 0 radical (unpaired) electrons. The van der Waals surface area contributed by atoms with Gasteiger partial charge in [0.1, 0.15) is 0 Å². The van der Waals surface area contributed by atoms with E-state index in [2.05, 4.69) is 0 Å². The number of hydrogen-bond acceptors (Lipinski definition) is 3. The van der Waals surface area contributed by atoms with Crippen LogP contribution >= 0.6 is 0 Å². The van der Waals surface area contributed by atoms with Crippen LogP contribution < -0.4 is 0 Å². The highest BCUT2D eigenvalue weighted by atomic mass is 32.2. The first-order valence-corrected chi connectivity index (χ1v) is 6.58. The molecule has 0 aliphatic carbocycles. The third-order valence-corrected chi connectivity index (χ3v) is 4.64. The lowest BCUT2D eigenvalue weighted by molar-refractivity contribution is 0.0596. The van der Waals surface area contributed by atoms with E-state index in [4.69, 9.17) is 0 Å². The Morgan fingerprint density at radius 3 is 1.73 bits per heavy atom. The zero-order chi connectivity index (χ0) is 12.5. The molecule has 15 heavy (non-hydrogen) atoms. The fraction of sp³-hybridized carbons (Fsp3) is 1.00. The maximum atomic E-state index is 12.1. The second-order valence-corrected chi connectivity index (χ2v) is 8.05. The average Bonchev–Trinajstić information content (AvgIpc) is 1.95. The van der Waals surface area contributed by atoms with Crippen molar-refractivity contribution in [3.8, 4) is 0 Å². The second kappa shape index (κ2) is 4.39. The van der Waals surface area contributed by atoms with Crippen LogP contribution in [-0.2, 0) is 10.0 Å². The number of aliphatic hydroxyl groups is 1. The molecule has 0 atom stereocenters. The maximum absolute atomic E-state index is 12.1. The van der Waals surface area contributed by atoms with Crippen LogP contribution in [0.4, 0.5) is 0 Å². The molecule has 0 amide bonds. The largest absolute Gasteiger partial charge is 0.389 e. The Morgan fingerprint density at radius 2 is 1.53 bits per heavy atom. The molecule has 0 aliphatic heterocycles. The summed E-state index contributed by atoms with van der Waals surface area (Å²) in [6, 6.07) is 0. The number of likely N-dealkylation sites (N-methyl/N-ethyl adjacent to an activating group) is 1. The summed E-state index contributed by atoms with van der Waals surface area (Å²) in [5.74, 6) is 0. The average molecular weight is 237 g/mol. The Hall–Kier alpha value is -0.130. The third kappa shape index (κ3) is 4.09. The minimum absolute atomic E-state index is 0.128. The lowest BCUT2D eigenvalue weighted by atomic mass is 10.1. The standard InChI is InChI=1S/C10H23NO3S/c1-7-11(8-10(5,6)12)15(13,14)9(2,3)4/h12H,7-8H2,1-6H3. The van der Waals surface area contributed by atoms with Crippen LogP contribution in [0.1, 0.15) is 41.5 Å². The molecule has 0 spiro atoms. The first-order chi connectivity index (χ1) is 6.42. The zero-order valence-corrected chi connectivity index (χ0v) is 11.3. The van der Waals surface area contributed by atoms with E-state index in [-0.39, 0.29) is 6.54 Å². The summed E-state index contributed by atoms with van der Waals surface area (Å²) >= 11 is 0. The first-order valence-electron chi connectivity index (χ1n) is 5.14. The van der Waals surface area contributed by atoms with Crippen LogP contribution in [0.5, 0.6) is 0 Å². The summed E-state index contributed by atoms with van der Waals surface area (Å²) in [6.45, 7) is 10.5. The molecule has 0 bridgehead atoms. The molecule has 0 aliphatic rings. The van der Waals surface area contributed by atoms with E-state index in [1.807, 2.05) is 0 Å². The van der Waals surface area contributed by atoms with Gasteiger partial charge < -0.3 is 5.11 Å². The van der Waals surface area contributed by atoms with E-state index < -0.39 is 20.4 Å². The number of hydrogen-bond donors (Lipinski definition) is 1. The van der Waals surface area contributed by atoms with Crippen molar-refractivity contribution in [3.05, 3.63) is 0 Å². The second-order valence-electron chi connectivity index (χ2n) is 5.36. The summed E-state index contributed by atoms with van der Waals surface area (Å²) in [5, 5.41) is 9.64. The van der Waals surface area contributed by atoms with E-state index >= 15 is 0 Å². The molecule has 0 rings (SSSR count). The van der Waals surface area contributed by atoms with Crippen LogP contribution in [0, 0.1) is 0 Å². The van der Waals surface area contributed by atoms with Gasteiger partial charge in [-0.1, -0.05) is 6.92 Å². The lowest BCUT2D eigenvalue weighted by Gasteiger charge is -2.32. The Kier molecular flexibility index (Phi) is 4.35. The van der Waals surface area contributed by atoms with Crippen LogP contribution in [0.15, 0.2) is 0 Å². The van der Waals surface area contributed by atoms with Gasteiger partial charge in [0.15, 0.2) is 0 Å². The van der Waals surface area contributed by atoms with Gasteiger partial charge in [0.05, 0.1) is 10.3 Å². The highest BCUT2D eigenvalue weighted by molar-refractivity contribution is 7.90. The topological polar surface area (TPSA) is 57.6 Å². The number of nitrogens with zero attached hydrogens (tertiary/aromatic N) is 1. The summed E-state index contributed by atoms with van der Waals surface area (Å²) in [4.78, 5) is 0. The summed E-state index contributed by atoms with van der Waals surface area (Å²) in [6.07, 6.45) is 0. The Bertz CT molecular complexity index is 296. The molecule has 0 aromatic rings. The molecule has 0 saturated carbocycles. The van der Waals surface area contributed by atoms with E-state index in [0.717, 1.165) is 0 Å². The van der Waals surface area contributed by atoms with E-state index in [1.165, 1.54) is 4.31 Å². The molecule has 0 heterocycles. The van der Waals surface area contributed by atoms with E-state index in [0.29, 0.717) is 6.54 Å². The molecule has 4 nitrogen and oxygen atoms in total. The highest BCUT2D eigenvalue weighted by Crippen LogP contribution is 2.21. The van der Waals surface area contributed by atoms with Gasteiger partial charge in [0.2, 0.25) is 10.0 Å². The van der Waals surface area contributed by atoms with E-state index in [1.54, 1.807) is 41.5 Å². The molecule has 5 heteroatoms. The van der Waals surface area contributed by atoms with Crippen LogP contribution in [0.3, 0.4) is 0 Å². The van der Waals surface area contributed by atoms with Gasteiger partial charge in [-0.3, -0.25) is 0 Å². The van der Waals surface area contributed by atoms with Crippen molar-refractivity contribution in [3.63, 3.8) is 0 Å². The van der Waals surface area contributed by atoms with Crippen molar-refractivity contribution >= 4 is 10.0 Å². The zero-order valence-electron chi connectivity index (χ0n) is 10.5. The van der Waals surface area contributed by atoms with Gasteiger partial charge in [0.25, 0.3) is 0 Å². The van der Waals surface area contributed by atoms with Crippen molar-refractivity contribution in [1.82, 2.24) is 4.31 Å². The van der Waals surface area contributed by atoms with Crippen molar-refractivity contribution in [2.24, 2.45) is 0 Å². The molecule has 0 aromatic heterocycles. The van der Waals surface area contributed by atoms with Gasteiger partial charge in [-0.2, -0.15) is 4.31 Å². The normalized spacial score (nSPS) is 14.7. The Balaban J connectivity index is 5.01. The van der Waals surface area contributed by atoms with Crippen LogP contribution in [0.25, 0.3) is 0 Å². The fourth-order valence-electron chi connectivity index (χ4n) is 1.19. The van der Waals surface area contributed by atoms with Gasteiger partial charge in [-0.05, 0) is 34.6 Å². The Morgan fingerprint density at radius 1 is 1.13 bits per heavy atom.